The molecular weight excluding hydrogens is 206 g/mol. The van der Waals surface area contributed by atoms with Gasteiger partial charge in [-0.15, -0.1) is 0 Å². The quantitative estimate of drug-likeness (QED) is 0.559. The molecule has 0 spiro atoms. The van der Waals surface area contributed by atoms with E-state index in [1.807, 2.05) is 0 Å². The van der Waals surface area contributed by atoms with E-state index in [9.17, 15) is 0 Å². The highest BCUT2D eigenvalue weighted by molar-refractivity contribution is 5.23. The fourth-order valence-electron chi connectivity index (χ4n) is 3.84. The standard InChI is InChI=1S/C16H29N/c1-12-7-6-9-16(4)10-8-13(11-14(12)16)15(2,3)17-5/h11-13H,5-10,17H2,1-4H3/t12-,13?,16+/m0/s1. The zero-order valence-corrected chi connectivity index (χ0v) is 12.1. The van der Waals surface area contributed by atoms with Crippen LogP contribution in [0.15, 0.2) is 11.6 Å². The summed E-state index contributed by atoms with van der Waals surface area (Å²) in [4.78, 5) is 0. The highest BCUT2D eigenvalue weighted by atomic mass is 14.9. The average molecular weight is 235 g/mol. The molecule has 2 rings (SSSR count). The lowest BCUT2D eigenvalue weighted by molar-refractivity contribution is -0.675. The monoisotopic (exact) mass is 235 g/mol. The van der Waals surface area contributed by atoms with Crippen LogP contribution in [0.4, 0.5) is 0 Å². The Hall–Kier alpha value is -0.300. The van der Waals surface area contributed by atoms with E-state index in [1.54, 1.807) is 5.57 Å². The van der Waals surface area contributed by atoms with Crippen LogP contribution in [0, 0.1) is 24.3 Å². The van der Waals surface area contributed by atoms with Crippen molar-refractivity contribution in [2.24, 2.45) is 17.3 Å². The lowest BCUT2D eigenvalue weighted by Gasteiger charge is -2.47. The first-order valence-corrected chi connectivity index (χ1v) is 7.25. The molecular formula is C16H29N. The molecule has 1 fully saturated rings. The molecule has 98 valence electrons. The first kappa shape index (κ1) is 13.1. The minimum absolute atomic E-state index is 0.255. The van der Waals surface area contributed by atoms with Crippen LogP contribution in [0.3, 0.4) is 0 Å². The van der Waals surface area contributed by atoms with E-state index >= 15 is 0 Å². The van der Waals surface area contributed by atoms with Crippen LogP contribution in [0.5, 0.6) is 0 Å². The van der Waals surface area contributed by atoms with Gasteiger partial charge in [0.25, 0.3) is 0 Å². The number of fused-ring (bicyclic) bond motifs is 1. The summed E-state index contributed by atoms with van der Waals surface area (Å²) in [5.74, 6) is 1.50. The van der Waals surface area contributed by atoms with Crippen LogP contribution in [0.25, 0.3) is 0 Å². The van der Waals surface area contributed by atoms with E-state index in [2.05, 4.69) is 46.1 Å². The first-order valence-electron chi connectivity index (χ1n) is 7.25. The molecule has 0 heterocycles. The molecule has 17 heavy (non-hydrogen) atoms. The summed E-state index contributed by atoms with van der Waals surface area (Å²) in [5, 5.41) is 2.14. The highest BCUT2D eigenvalue weighted by Crippen LogP contribution is 2.51. The Morgan fingerprint density at radius 2 is 2.06 bits per heavy atom. The summed E-state index contributed by atoms with van der Waals surface area (Å²) in [6.45, 7) is 9.58. The van der Waals surface area contributed by atoms with Gasteiger partial charge in [-0.1, -0.05) is 31.9 Å². The Labute approximate surface area is 107 Å². The lowest BCUT2D eigenvalue weighted by atomic mass is 9.59. The Morgan fingerprint density at radius 3 is 2.71 bits per heavy atom. The molecule has 0 aromatic heterocycles. The minimum atomic E-state index is 0.255. The van der Waals surface area contributed by atoms with Crippen molar-refractivity contribution >= 4 is 0 Å². The third-order valence-corrected chi connectivity index (χ3v) is 5.46. The predicted octanol–water partition coefficient (Wildman–Crippen LogP) is 3.28. The number of hydrogen-bond acceptors (Lipinski definition) is 0. The van der Waals surface area contributed by atoms with Crippen LogP contribution >= 0.6 is 0 Å². The Morgan fingerprint density at radius 1 is 1.35 bits per heavy atom. The molecule has 0 aromatic rings. The third kappa shape index (κ3) is 2.31. The zero-order chi connectivity index (χ0) is 12.7. The molecule has 1 nitrogen and oxygen atoms in total. The molecule has 0 aromatic carbocycles. The van der Waals surface area contributed by atoms with Gasteiger partial charge in [0, 0.05) is 5.92 Å². The van der Waals surface area contributed by atoms with Gasteiger partial charge in [-0.05, 0) is 50.9 Å². The van der Waals surface area contributed by atoms with E-state index in [1.165, 1.54) is 32.1 Å². The summed E-state index contributed by atoms with van der Waals surface area (Å²) in [5.41, 5.74) is 2.53. The minimum Gasteiger partial charge on any atom is -0.474 e. The maximum absolute atomic E-state index is 4.02. The molecule has 0 amide bonds. The second-order valence-electron chi connectivity index (χ2n) is 7.15. The number of quaternary nitrogens is 1. The third-order valence-electron chi connectivity index (χ3n) is 5.46. The second kappa shape index (κ2) is 4.42. The van der Waals surface area contributed by atoms with E-state index in [0.29, 0.717) is 11.3 Å². The normalized spacial score (nSPS) is 38.5. The average Bonchev–Trinajstić information content (AvgIpc) is 2.28. The molecule has 2 aliphatic carbocycles. The topological polar surface area (TPSA) is 16.6 Å². The van der Waals surface area contributed by atoms with Crippen LogP contribution in [-0.4, -0.2) is 5.54 Å². The molecule has 3 atom stereocenters. The maximum Gasteiger partial charge on any atom is 0.0729 e. The molecule has 0 bridgehead atoms. The molecule has 2 N–H and O–H groups in total. The highest BCUT2D eigenvalue weighted by Gasteiger charge is 2.41. The van der Waals surface area contributed by atoms with Crippen molar-refractivity contribution in [1.29, 1.82) is 0 Å². The van der Waals surface area contributed by atoms with Crippen molar-refractivity contribution in [3.63, 3.8) is 0 Å². The van der Waals surface area contributed by atoms with Crippen LogP contribution in [-0.2, 0) is 0 Å². The lowest BCUT2D eigenvalue weighted by Crippen LogP contribution is -2.91. The van der Waals surface area contributed by atoms with Gasteiger partial charge >= 0.3 is 0 Å². The number of allylic oxidation sites excluding steroid dienone is 1. The summed E-state index contributed by atoms with van der Waals surface area (Å²) in [6.07, 6.45) is 9.56. The summed E-state index contributed by atoms with van der Waals surface area (Å²) in [7, 11) is 4.02. The van der Waals surface area contributed by atoms with Gasteiger partial charge in [-0.25, -0.2) is 0 Å². The fraction of sp³-hybridized carbons (Fsp3) is 0.812. The number of hydrogen-bond donors (Lipinski definition) is 1. The molecule has 0 radical (unpaired) electrons. The van der Waals surface area contributed by atoms with Gasteiger partial charge in [0.05, 0.1) is 5.54 Å². The van der Waals surface area contributed by atoms with Crippen LogP contribution in [0.2, 0.25) is 0 Å². The van der Waals surface area contributed by atoms with Gasteiger partial charge in [0.2, 0.25) is 0 Å². The zero-order valence-electron chi connectivity index (χ0n) is 12.1. The Bertz CT molecular complexity index is 315. The summed E-state index contributed by atoms with van der Waals surface area (Å²) in [6, 6.07) is 0. The largest absolute Gasteiger partial charge is 0.474 e. The second-order valence-corrected chi connectivity index (χ2v) is 7.15. The van der Waals surface area contributed by atoms with E-state index in [-0.39, 0.29) is 5.54 Å². The van der Waals surface area contributed by atoms with Crippen LogP contribution in [0.1, 0.15) is 59.8 Å². The van der Waals surface area contributed by atoms with Gasteiger partial charge in [-0.2, -0.15) is 7.05 Å². The molecule has 0 aliphatic heterocycles. The molecule has 1 unspecified atom stereocenters. The van der Waals surface area contributed by atoms with Crippen molar-refractivity contribution in [2.75, 3.05) is 0 Å². The summed E-state index contributed by atoms with van der Waals surface area (Å²) < 4.78 is 0. The van der Waals surface area contributed by atoms with Crippen LogP contribution < -0.4 is 5.32 Å². The van der Waals surface area contributed by atoms with Crippen molar-refractivity contribution in [3.05, 3.63) is 18.7 Å². The van der Waals surface area contributed by atoms with E-state index in [4.69, 9.17) is 0 Å². The van der Waals surface area contributed by atoms with E-state index in [0.717, 1.165) is 5.92 Å². The first-order chi connectivity index (χ1) is 7.89. The Balaban J connectivity index is 2.28. The number of nitrogens with two attached hydrogens (primary N) is 1. The van der Waals surface area contributed by atoms with Gasteiger partial charge in [0.15, 0.2) is 0 Å². The predicted molar refractivity (Wildman–Crippen MR) is 73.3 cm³/mol. The maximum atomic E-state index is 4.02. The SMILES string of the molecule is [CH2-][NH2+]C(C)(C)C1C=C2[C@@H](C)CCC[C@]2(C)CC1. The van der Waals surface area contributed by atoms with Gasteiger partial charge in [-0.3, -0.25) is 0 Å². The van der Waals surface area contributed by atoms with E-state index < -0.39 is 0 Å². The van der Waals surface area contributed by atoms with Crippen molar-refractivity contribution in [2.45, 2.75) is 65.3 Å². The fourth-order valence-corrected chi connectivity index (χ4v) is 3.84. The molecule has 1 heteroatoms. The smallest absolute Gasteiger partial charge is 0.0729 e. The molecule has 1 saturated carbocycles. The van der Waals surface area contributed by atoms with Gasteiger partial charge < -0.3 is 5.32 Å². The van der Waals surface area contributed by atoms with Gasteiger partial charge in [0.1, 0.15) is 0 Å². The van der Waals surface area contributed by atoms with Crippen molar-refractivity contribution in [3.8, 4) is 0 Å². The molecule has 2 aliphatic rings. The van der Waals surface area contributed by atoms with Crippen molar-refractivity contribution < 1.29 is 5.32 Å². The number of rotatable bonds is 2. The summed E-state index contributed by atoms with van der Waals surface area (Å²) >= 11 is 0. The molecule has 0 saturated heterocycles. The Kier molecular flexibility index (Phi) is 3.42. The van der Waals surface area contributed by atoms with Crippen molar-refractivity contribution in [1.82, 2.24) is 0 Å².